The Kier molecular flexibility index (Phi) is 3.83. The molecule has 6 unspecified atom stereocenters. The fourth-order valence-electron chi connectivity index (χ4n) is 7.59. The third-order valence-corrected chi connectivity index (χ3v) is 9.08. The van der Waals surface area contributed by atoms with Crippen molar-refractivity contribution in [1.29, 1.82) is 0 Å². The van der Waals surface area contributed by atoms with Crippen molar-refractivity contribution in [2.75, 3.05) is 0 Å². The molecule has 0 aromatic rings. The minimum atomic E-state index is -0.852. The molecule has 0 heterocycles. The van der Waals surface area contributed by atoms with Crippen molar-refractivity contribution in [2.24, 2.45) is 34.5 Å². The number of fused-ring (bicyclic) bond motifs is 5. The van der Waals surface area contributed by atoms with Crippen molar-refractivity contribution >= 4 is 11.6 Å². The van der Waals surface area contributed by atoms with Crippen LogP contribution in [0.4, 0.5) is 0 Å². The van der Waals surface area contributed by atoms with Gasteiger partial charge in [-0.3, -0.25) is 0 Å². The van der Waals surface area contributed by atoms with Crippen LogP contribution < -0.4 is 0 Å². The Hall–Kier alpha value is -0.190. The SMILES string of the molecule is CC12CCCCC1CCC1C2CCC2(C)C1CC[C@@]2(O)C#CCl. The molecule has 1 nitrogen and oxygen atoms in total. The third-order valence-electron chi connectivity index (χ3n) is 8.99. The van der Waals surface area contributed by atoms with E-state index in [9.17, 15) is 5.11 Å². The van der Waals surface area contributed by atoms with Gasteiger partial charge in [-0.1, -0.05) is 32.6 Å². The van der Waals surface area contributed by atoms with Gasteiger partial charge in [0.2, 0.25) is 0 Å². The van der Waals surface area contributed by atoms with Gasteiger partial charge in [-0.15, -0.1) is 0 Å². The molecule has 2 heteroatoms. The summed E-state index contributed by atoms with van der Waals surface area (Å²) in [6, 6.07) is 0. The zero-order valence-corrected chi connectivity index (χ0v) is 15.5. The molecule has 0 aliphatic heterocycles. The normalized spacial score (nSPS) is 55.1. The van der Waals surface area contributed by atoms with E-state index in [1.54, 1.807) is 0 Å². The Morgan fingerprint density at radius 1 is 0.913 bits per heavy atom. The van der Waals surface area contributed by atoms with E-state index in [2.05, 4.69) is 25.1 Å². The van der Waals surface area contributed by atoms with Crippen LogP contribution in [0.3, 0.4) is 0 Å². The van der Waals surface area contributed by atoms with Gasteiger partial charge in [0.25, 0.3) is 0 Å². The molecule has 0 radical (unpaired) electrons. The van der Waals surface area contributed by atoms with Crippen molar-refractivity contribution < 1.29 is 5.11 Å². The second kappa shape index (κ2) is 5.40. The summed E-state index contributed by atoms with van der Waals surface area (Å²) in [5, 5.41) is 13.7. The first-order valence-electron chi connectivity index (χ1n) is 9.80. The van der Waals surface area contributed by atoms with Crippen LogP contribution in [0.5, 0.6) is 0 Å². The zero-order chi connectivity index (χ0) is 16.3. The molecule has 4 saturated carbocycles. The third kappa shape index (κ3) is 2.10. The molecule has 4 rings (SSSR count). The lowest BCUT2D eigenvalue weighted by Gasteiger charge is -2.60. The molecule has 4 aliphatic carbocycles. The molecule has 4 aliphatic rings. The topological polar surface area (TPSA) is 20.2 Å². The van der Waals surface area contributed by atoms with E-state index >= 15 is 0 Å². The molecule has 0 saturated heterocycles. The smallest absolute Gasteiger partial charge is 0.132 e. The molecule has 7 atom stereocenters. The Balaban J connectivity index is 1.66. The summed E-state index contributed by atoms with van der Waals surface area (Å²) in [6.45, 7) is 4.91. The van der Waals surface area contributed by atoms with Gasteiger partial charge < -0.3 is 5.11 Å². The Bertz CT molecular complexity index is 548. The standard InChI is InChI=1S/C21H31ClO/c1-19-10-4-3-5-15(19)6-7-16-17(19)8-11-20(2)18(16)9-12-21(20,23)13-14-22/h15-18,23H,3-12H2,1-2H3/t15?,16?,17?,18?,19?,20?,21-/m1/s1. The van der Waals surface area contributed by atoms with E-state index in [0.717, 1.165) is 37.0 Å². The average molecular weight is 335 g/mol. The van der Waals surface area contributed by atoms with Crippen LogP contribution in [0.25, 0.3) is 0 Å². The van der Waals surface area contributed by atoms with Crippen molar-refractivity contribution in [3.63, 3.8) is 0 Å². The van der Waals surface area contributed by atoms with E-state index in [0.29, 0.717) is 11.3 Å². The lowest BCUT2D eigenvalue weighted by molar-refractivity contribution is -0.134. The molecule has 0 spiro atoms. The Labute approximate surface area is 146 Å². The van der Waals surface area contributed by atoms with Gasteiger partial charge in [-0.05, 0) is 92.1 Å². The molecular formula is C21H31ClO. The first-order valence-corrected chi connectivity index (χ1v) is 10.2. The highest BCUT2D eigenvalue weighted by atomic mass is 35.5. The molecule has 1 N–H and O–H groups in total. The Morgan fingerprint density at radius 2 is 1.70 bits per heavy atom. The first-order chi connectivity index (χ1) is 10.9. The van der Waals surface area contributed by atoms with E-state index in [-0.39, 0.29) is 5.41 Å². The molecule has 0 aromatic carbocycles. The molecule has 0 aromatic heterocycles. The van der Waals surface area contributed by atoms with E-state index in [1.807, 2.05) is 0 Å². The maximum atomic E-state index is 11.2. The Morgan fingerprint density at radius 3 is 2.48 bits per heavy atom. The zero-order valence-electron chi connectivity index (χ0n) is 14.7. The summed E-state index contributed by atoms with van der Waals surface area (Å²) >= 11 is 5.69. The quantitative estimate of drug-likeness (QED) is 0.592. The molecule has 0 bridgehead atoms. The minimum Gasteiger partial charge on any atom is -0.377 e. The van der Waals surface area contributed by atoms with E-state index < -0.39 is 5.60 Å². The van der Waals surface area contributed by atoms with Gasteiger partial charge in [0.15, 0.2) is 0 Å². The number of aliphatic hydroxyl groups is 1. The summed E-state index contributed by atoms with van der Waals surface area (Å²) in [5.74, 6) is 6.28. The van der Waals surface area contributed by atoms with Crippen LogP contribution in [0.2, 0.25) is 0 Å². The van der Waals surface area contributed by atoms with Gasteiger partial charge in [0.1, 0.15) is 5.60 Å². The predicted octanol–water partition coefficient (Wildman–Crippen LogP) is 5.35. The van der Waals surface area contributed by atoms with Crippen molar-refractivity contribution in [3.8, 4) is 11.3 Å². The highest BCUT2D eigenvalue weighted by Crippen LogP contribution is 2.68. The van der Waals surface area contributed by atoms with Gasteiger partial charge >= 0.3 is 0 Å². The number of hydrogen-bond acceptors (Lipinski definition) is 1. The second-order valence-electron chi connectivity index (χ2n) is 9.48. The maximum absolute atomic E-state index is 11.2. The van der Waals surface area contributed by atoms with Gasteiger partial charge in [0, 0.05) is 10.8 Å². The molecule has 128 valence electrons. The van der Waals surface area contributed by atoms with Gasteiger partial charge in [-0.25, -0.2) is 0 Å². The summed E-state index contributed by atoms with van der Waals surface area (Å²) in [7, 11) is 0. The van der Waals surface area contributed by atoms with Crippen LogP contribution in [0, 0.1) is 45.8 Å². The molecule has 0 amide bonds. The first kappa shape index (κ1) is 16.3. The largest absolute Gasteiger partial charge is 0.377 e. The summed E-state index contributed by atoms with van der Waals surface area (Å²) in [6.07, 6.45) is 13.0. The summed E-state index contributed by atoms with van der Waals surface area (Å²) in [4.78, 5) is 0. The fraction of sp³-hybridized carbons (Fsp3) is 0.905. The average Bonchev–Trinajstić information content (AvgIpc) is 2.79. The van der Waals surface area contributed by atoms with Crippen LogP contribution >= 0.6 is 11.6 Å². The van der Waals surface area contributed by atoms with Crippen molar-refractivity contribution in [1.82, 2.24) is 0 Å². The lowest BCUT2D eigenvalue weighted by Crippen LogP contribution is -2.55. The number of hydrogen-bond donors (Lipinski definition) is 1. The van der Waals surface area contributed by atoms with Gasteiger partial charge in [-0.2, -0.15) is 0 Å². The molecule has 4 fully saturated rings. The highest BCUT2D eigenvalue weighted by Gasteiger charge is 2.64. The van der Waals surface area contributed by atoms with Crippen LogP contribution in [0.1, 0.15) is 78.1 Å². The van der Waals surface area contributed by atoms with E-state index in [4.69, 9.17) is 11.6 Å². The number of rotatable bonds is 0. The molecule has 23 heavy (non-hydrogen) atoms. The number of halogens is 1. The van der Waals surface area contributed by atoms with E-state index in [1.165, 1.54) is 44.9 Å². The van der Waals surface area contributed by atoms with Gasteiger partial charge in [0.05, 0.1) is 0 Å². The maximum Gasteiger partial charge on any atom is 0.132 e. The summed E-state index contributed by atoms with van der Waals surface area (Å²) < 4.78 is 0. The monoisotopic (exact) mass is 334 g/mol. The summed E-state index contributed by atoms with van der Waals surface area (Å²) in [5.41, 5.74) is -0.329. The fourth-order valence-corrected chi connectivity index (χ4v) is 7.75. The van der Waals surface area contributed by atoms with Crippen LogP contribution in [-0.2, 0) is 0 Å². The van der Waals surface area contributed by atoms with Crippen molar-refractivity contribution in [2.45, 2.75) is 83.7 Å². The molecular weight excluding hydrogens is 304 g/mol. The highest BCUT2D eigenvalue weighted by molar-refractivity contribution is 6.30. The minimum absolute atomic E-state index is 0.0477. The van der Waals surface area contributed by atoms with Crippen LogP contribution in [-0.4, -0.2) is 10.7 Å². The van der Waals surface area contributed by atoms with Crippen LogP contribution in [0.15, 0.2) is 0 Å². The second-order valence-corrected chi connectivity index (χ2v) is 9.67. The lowest BCUT2D eigenvalue weighted by atomic mass is 9.44. The predicted molar refractivity (Wildman–Crippen MR) is 94.9 cm³/mol. The van der Waals surface area contributed by atoms with Crippen molar-refractivity contribution in [3.05, 3.63) is 0 Å².